The fourth-order valence-corrected chi connectivity index (χ4v) is 3.79. The van der Waals surface area contributed by atoms with Crippen LogP contribution in [0.2, 0.25) is 5.02 Å². The van der Waals surface area contributed by atoms with Crippen molar-refractivity contribution in [2.75, 3.05) is 23.3 Å². The first-order valence-corrected chi connectivity index (χ1v) is 10.9. The fourth-order valence-electron chi connectivity index (χ4n) is 3.51. The Morgan fingerprint density at radius 2 is 1.97 bits per heavy atom. The second kappa shape index (κ2) is 9.94. The molecule has 1 fully saturated rings. The van der Waals surface area contributed by atoms with Crippen molar-refractivity contribution in [1.29, 1.82) is 0 Å². The van der Waals surface area contributed by atoms with Crippen LogP contribution < -0.4 is 15.5 Å². The average Bonchev–Trinajstić information content (AvgIpc) is 2.72. The Labute approximate surface area is 194 Å². The zero-order chi connectivity index (χ0) is 24.3. The number of nitrogens with one attached hydrogen (secondary N) is 2. The predicted octanol–water partition coefficient (Wildman–Crippen LogP) is 4.45. The molecule has 1 aliphatic heterocycles. The molecule has 0 radical (unpaired) electrons. The molecule has 2 aromatic heterocycles. The Kier molecular flexibility index (Phi) is 7.46. The van der Waals surface area contributed by atoms with Crippen molar-refractivity contribution in [2.45, 2.75) is 45.8 Å². The molecule has 178 valence electrons. The molecule has 1 aliphatic rings. The van der Waals surface area contributed by atoms with Gasteiger partial charge in [0, 0.05) is 42.5 Å². The molecule has 3 heterocycles. The monoisotopic (exact) mass is 483 g/mol. The van der Waals surface area contributed by atoms with Crippen LogP contribution in [0.15, 0.2) is 24.4 Å². The Morgan fingerprint density at radius 1 is 1.24 bits per heavy atom. The van der Waals surface area contributed by atoms with Gasteiger partial charge in [-0.15, -0.1) is 0 Å². The number of anilines is 2. The molecule has 0 saturated carbocycles. The van der Waals surface area contributed by atoms with E-state index in [0.717, 1.165) is 12.3 Å². The van der Waals surface area contributed by atoms with Gasteiger partial charge in [0.1, 0.15) is 11.6 Å². The number of amides is 2. The number of carbonyl (C=O) groups is 2. The van der Waals surface area contributed by atoms with Gasteiger partial charge in [0.2, 0.25) is 5.91 Å². The zero-order valence-electron chi connectivity index (χ0n) is 18.5. The van der Waals surface area contributed by atoms with Crippen molar-refractivity contribution in [2.24, 2.45) is 5.92 Å². The number of rotatable bonds is 5. The van der Waals surface area contributed by atoms with Crippen molar-refractivity contribution >= 4 is 35.1 Å². The van der Waals surface area contributed by atoms with Gasteiger partial charge in [-0.05, 0) is 38.0 Å². The maximum atomic E-state index is 12.9. The second-order valence-corrected chi connectivity index (χ2v) is 8.72. The van der Waals surface area contributed by atoms with Gasteiger partial charge in [0.05, 0.1) is 10.6 Å². The number of piperidine rings is 1. The van der Waals surface area contributed by atoms with Gasteiger partial charge in [0.25, 0.3) is 5.91 Å². The molecule has 11 heteroatoms. The molecule has 0 bridgehead atoms. The van der Waals surface area contributed by atoms with E-state index in [0.29, 0.717) is 43.0 Å². The van der Waals surface area contributed by atoms with Crippen LogP contribution in [0.5, 0.6) is 0 Å². The van der Waals surface area contributed by atoms with Crippen LogP contribution in [0.1, 0.15) is 48.3 Å². The van der Waals surface area contributed by atoms with E-state index in [4.69, 9.17) is 11.6 Å². The summed E-state index contributed by atoms with van der Waals surface area (Å²) < 4.78 is 38.7. The van der Waals surface area contributed by atoms with Gasteiger partial charge in [-0.3, -0.25) is 9.59 Å². The third-order valence-corrected chi connectivity index (χ3v) is 5.47. The van der Waals surface area contributed by atoms with E-state index in [1.54, 1.807) is 31.7 Å². The van der Waals surface area contributed by atoms with E-state index in [2.05, 4.69) is 20.6 Å². The number of hydrogen-bond donors (Lipinski definition) is 2. The third kappa shape index (κ3) is 6.34. The Bertz CT molecular complexity index is 1050. The summed E-state index contributed by atoms with van der Waals surface area (Å²) in [4.78, 5) is 34.8. The van der Waals surface area contributed by atoms with Gasteiger partial charge in [-0.1, -0.05) is 25.4 Å². The largest absolute Gasteiger partial charge is 0.417 e. The molecule has 1 saturated heterocycles. The molecule has 0 aliphatic carbocycles. The number of carbonyl (C=O) groups excluding carboxylic acids is 2. The van der Waals surface area contributed by atoms with Crippen LogP contribution in [0.4, 0.5) is 24.8 Å². The molecule has 1 atom stereocenters. The van der Waals surface area contributed by atoms with Crippen LogP contribution in [-0.2, 0) is 11.0 Å². The van der Waals surface area contributed by atoms with E-state index in [1.165, 1.54) is 6.07 Å². The lowest BCUT2D eigenvalue weighted by atomic mass is 10.0. The smallest absolute Gasteiger partial charge is 0.353 e. The maximum Gasteiger partial charge on any atom is 0.417 e. The summed E-state index contributed by atoms with van der Waals surface area (Å²) in [5.41, 5.74) is 0.0172. The van der Waals surface area contributed by atoms with E-state index >= 15 is 0 Å². The summed E-state index contributed by atoms with van der Waals surface area (Å²) in [5.74, 6) is -0.225. The SMILES string of the molecule is Cc1cc(C(=O)N[C@@H]2CCCN(c3ncc(C(F)(F)F)cc3Cl)C2)cc(NC(=O)C(C)C)n1. The van der Waals surface area contributed by atoms with E-state index < -0.39 is 11.7 Å². The molecular weight excluding hydrogens is 459 g/mol. The van der Waals surface area contributed by atoms with Crippen LogP contribution >= 0.6 is 11.6 Å². The van der Waals surface area contributed by atoms with Crippen LogP contribution in [0.3, 0.4) is 0 Å². The standard InChI is InChI=1S/C22H25ClF3N5O2/c1-12(2)20(32)30-18-8-14(7-13(3)28-18)21(33)29-16-5-4-6-31(11-16)19-17(23)9-15(10-27-19)22(24,25)26/h7-10,12,16H,4-6,11H2,1-3H3,(H,29,33)(H,28,30,32)/t16-/m1/s1. The van der Waals surface area contributed by atoms with Gasteiger partial charge < -0.3 is 15.5 Å². The molecule has 2 amide bonds. The van der Waals surface area contributed by atoms with Gasteiger partial charge >= 0.3 is 6.18 Å². The lowest BCUT2D eigenvalue weighted by Gasteiger charge is -2.34. The van der Waals surface area contributed by atoms with Crippen LogP contribution in [-0.4, -0.2) is 40.9 Å². The Morgan fingerprint density at radius 3 is 2.61 bits per heavy atom. The fraction of sp³-hybridized carbons (Fsp3) is 0.455. The van der Waals surface area contributed by atoms with Crippen molar-refractivity contribution < 1.29 is 22.8 Å². The molecule has 2 aromatic rings. The normalized spacial score (nSPS) is 16.6. The highest BCUT2D eigenvalue weighted by Gasteiger charge is 2.32. The highest BCUT2D eigenvalue weighted by atomic mass is 35.5. The van der Waals surface area contributed by atoms with Crippen molar-refractivity contribution in [1.82, 2.24) is 15.3 Å². The van der Waals surface area contributed by atoms with Gasteiger partial charge in [-0.25, -0.2) is 9.97 Å². The topological polar surface area (TPSA) is 87.2 Å². The molecule has 2 N–H and O–H groups in total. The van der Waals surface area contributed by atoms with Crippen LogP contribution in [0, 0.1) is 12.8 Å². The number of hydrogen-bond acceptors (Lipinski definition) is 5. The average molecular weight is 484 g/mol. The number of nitrogens with zero attached hydrogens (tertiary/aromatic N) is 3. The molecule has 0 spiro atoms. The first-order chi connectivity index (χ1) is 15.4. The summed E-state index contributed by atoms with van der Waals surface area (Å²) in [5, 5.41) is 5.55. The minimum Gasteiger partial charge on any atom is -0.353 e. The summed E-state index contributed by atoms with van der Waals surface area (Å²) in [7, 11) is 0. The second-order valence-electron chi connectivity index (χ2n) is 8.31. The van der Waals surface area contributed by atoms with Gasteiger partial charge in [-0.2, -0.15) is 13.2 Å². The van der Waals surface area contributed by atoms with Gasteiger partial charge in [0.15, 0.2) is 0 Å². The summed E-state index contributed by atoms with van der Waals surface area (Å²) >= 11 is 6.08. The Hall–Kier alpha value is -2.88. The third-order valence-electron chi connectivity index (χ3n) is 5.20. The lowest BCUT2D eigenvalue weighted by molar-refractivity contribution is -0.137. The number of pyridine rings is 2. The van der Waals surface area contributed by atoms with E-state index in [-0.39, 0.29) is 34.6 Å². The predicted molar refractivity (Wildman–Crippen MR) is 119 cm³/mol. The molecule has 33 heavy (non-hydrogen) atoms. The molecule has 7 nitrogen and oxygen atoms in total. The van der Waals surface area contributed by atoms with E-state index in [9.17, 15) is 22.8 Å². The molecule has 0 aromatic carbocycles. The quantitative estimate of drug-likeness (QED) is 0.656. The Balaban J connectivity index is 1.70. The number of aryl methyl sites for hydroxylation is 1. The number of halogens is 4. The maximum absolute atomic E-state index is 12.9. The number of alkyl halides is 3. The molecule has 3 rings (SSSR count). The highest BCUT2D eigenvalue weighted by molar-refractivity contribution is 6.33. The minimum atomic E-state index is -4.52. The molecular formula is C22H25ClF3N5O2. The first kappa shape index (κ1) is 24.8. The van der Waals surface area contributed by atoms with Crippen LogP contribution in [0.25, 0.3) is 0 Å². The summed E-state index contributed by atoms with van der Waals surface area (Å²) in [6.45, 7) is 6.15. The summed E-state index contributed by atoms with van der Waals surface area (Å²) in [6.07, 6.45) is -2.36. The van der Waals surface area contributed by atoms with E-state index in [1.807, 2.05) is 0 Å². The number of aromatic nitrogens is 2. The van der Waals surface area contributed by atoms with Crippen molar-refractivity contribution in [3.05, 3.63) is 46.2 Å². The minimum absolute atomic E-state index is 0.0907. The first-order valence-electron chi connectivity index (χ1n) is 10.5. The van der Waals surface area contributed by atoms with Crippen molar-refractivity contribution in [3.63, 3.8) is 0 Å². The molecule has 0 unspecified atom stereocenters. The lowest BCUT2D eigenvalue weighted by Crippen LogP contribution is -2.48. The van der Waals surface area contributed by atoms with Crippen molar-refractivity contribution in [3.8, 4) is 0 Å². The summed E-state index contributed by atoms with van der Waals surface area (Å²) in [6, 6.07) is 3.74. The highest BCUT2D eigenvalue weighted by Crippen LogP contribution is 2.34. The zero-order valence-corrected chi connectivity index (χ0v) is 19.2.